The minimum absolute atomic E-state index is 0.466. The first-order valence-corrected chi connectivity index (χ1v) is 5.23. The Morgan fingerprint density at radius 3 is 2.88 bits per heavy atom. The molecule has 0 bridgehead atoms. The van der Waals surface area contributed by atoms with E-state index in [1.807, 2.05) is 11.9 Å². The fraction of sp³-hybridized carbons (Fsp3) is 0.364. The molecular weight excluding hydrogens is 230 g/mol. The standard InChI is InChI=1S/C11H12ClNO3/c1-13-5-7(11(14)15)6-3-10(16-2)8(12)4-9(6)13/h3-4,7H,5H2,1-2H3,(H,14,15). The predicted molar refractivity (Wildman–Crippen MR) is 61.7 cm³/mol. The van der Waals surface area contributed by atoms with Gasteiger partial charge in [-0.1, -0.05) is 11.6 Å². The third-order valence-electron chi connectivity index (χ3n) is 2.84. The van der Waals surface area contributed by atoms with E-state index in [1.165, 1.54) is 7.11 Å². The van der Waals surface area contributed by atoms with E-state index in [2.05, 4.69) is 0 Å². The zero-order chi connectivity index (χ0) is 11.9. The van der Waals surface area contributed by atoms with E-state index in [1.54, 1.807) is 12.1 Å². The van der Waals surface area contributed by atoms with Gasteiger partial charge in [0.25, 0.3) is 0 Å². The molecule has 2 rings (SSSR count). The highest BCUT2D eigenvalue weighted by atomic mass is 35.5. The molecule has 1 unspecified atom stereocenters. The number of fused-ring (bicyclic) bond motifs is 1. The Morgan fingerprint density at radius 1 is 1.62 bits per heavy atom. The maximum absolute atomic E-state index is 11.1. The van der Waals surface area contributed by atoms with Crippen molar-refractivity contribution in [2.75, 3.05) is 25.6 Å². The van der Waals surface area contributed by atoms with Crippen LogP contribution in [0.1, 0.15) is 11.5 Å². The summed E-state index contributed by atoms with van der Waals surface area (Å²) in [6.07, 6.45) is 0. The molecule has 1 atom stereocenters. The summed E-state index contributed by atoms with van der Waals surface area (Å²) in [5, 5.41) is 9.61. The number of ether oxygens (including phenoxy) is 1. The van der Waals surface area contributed by atoms with Crippen LogP contribution in [0.4, 0.5) is 5.69 Å². The van der Waals surface area contributed by atoms with Gasteiger partial charge >= 0.3 is 5.97 Å². The molecule has 0 saturated heterocycles. The number of likely N-dealkylation sites (N-methyl/N-ethyl adjacent to an activating group) is 1. The van der Waals surface area contributed by atoms with Gasteiger partial charge in [0.1, 0.15) is 11.7 Å². The van der Waals surface area contributed by atoms with Crippen LogP contribution in [0.3, 0.4) is 0 Å². The second-order valence-corrected chi connectivity index (χ2v) is 4.22. The third kappa shape index (κ3) is 1.59. The molecule has 86 valence electrons. The monoisotopic (exact) mass is 241 g/mol. The fourth-order valence-electron chi connectivity index (χ4n) is 2.01. The van der Waals surface area contributed by atoms with Crippen molar-refractivity contribution in [3.05, 3.63) is 22.7 Å². The Hall–Kier alpha value is -1.42. The molecule has 5 heteroatoms. The van der Waals surface area contributed by atoms with Crippen molar-refractivity contribution >= 4 is 23.3 Å². The highest BCUT2D eigenvalue weighted by molar-refractivity contribution is 6.32. The van der Waals surface area contributed by atoms with Crippen LogP contribution in [0.15, 0.2) is 12.1 Å². The van der Waals surface area contributed by atoms with Crippen molar-refractivity contribution in [3.63, 3.8) is 0 Å². The summed E-state index contributed by atoms with van der Waals surface area (Å²) in [7, 11) is 3.37. The molecule has 0 radical (unpaired) electrons. The lowest BCUT2D eigenvalue weighted by Gasteiger charge is -2.12. The zero-order valence-corrected chi connectivity index (χ0v) is 9.78. The summed E-state index contributed by atoms with van der Waals surface area (Å²) in [4.78, 5) is 13.0. The Kier molecular flexibility index (Phi) is 2.68. The van der Waals surface area contributed by atoms with Gasteiger partial charge in [0, 0.05) is 19.3 Å². The quantitative estimate of drug-likeness (QED) is 0.860. The van der Waals surface area contributed by atoms with Crippen molar-refractivity contribution in [1.82, 2.24) is 0 Å². The van der Waals surface area contributed by atoms with Gasteiger partial charge in [0.2, 0.25) is 0 Å². The number of methoxy groups -OCH3 is 1. The van der Waals surface area contributed by atoms with Gasteiger partial charge in [-0.3, -0.25) is 4.79 Å². The van der Waals surface area contributed by atoms with Crippen LogP contribution in [0.2, 0.25) is 5.02 Å². The van der Waals surface area contributed by atoms with E-state index in [0.29, 0.717) is 17.3 Å². The average molecular weight is 242 g/mol. The summed E-state index contributed by atoms with van der Waals surface area (Å²) in [6, 6.07) is 3.46. The molecule has 1 heterocycles. The molecule has 1 aliphatic heterocycles. The number of hydrogen-bond donors (Lipinski definition) is 1. The van der Waals surface area contributed by atoms with Crippen molar-refractivity contribution in [2.24, 2.45) is 0 Å². The first kappa shape index (κ1) is 11.1. The Balaban J connectivity index is 2.54. The van der Waals surface area contributed by atoms with Crippen LogP contribution in [0.25, 0.3) is 0 Å². The number of nitrogens with zero attached hydrogens (tertiary/aromatic N) is 1. The van der Waals surface area contributed by atoms with Crippen molar-refractivity contribution in [1.29, 1.82) is 0 Å². The molecule has 16 heavy (non-hydrogen) atoms. The van der Waals surface area contributed by atoms with Crippen molar-refractivity contribution in [3.8, 4) is 5.75 Å². The summed E-state index contributed by atoms with van der Waals surface area (Å²) in [6.45, 7) is 0.466. The van der Waals surface area contributed by atoms with E-state index in [9.17, 15) is 4.79 Å². The second-order valence-electron chi connectivity index (χ2n) is 3.82. The summed E-state index contributed by atoms with van der Waals surface area (Å²) < 4.78 is 5.09. The van der Waals surface area contributed by atoms with Gasteiger partial charge in [0.15, 0.2) is 0 Å². The highest BCUT2D eigenvalue weighted by Crippen LogP contribution is 2.41. The molecular formula is C11H12ClNO3. The van der Waals surface area contributed by atoms with E-state index < -0.39 is 11.9 Å². The number of rotatable bonds is 2. The van der Waals surface area contributed by atoms with Crippen LogP contribution in [-0.2, 0) is 4.79 Å². The Bertz CT molecular complexity index is 447. The van der Waals surface area contributed by atoms with Crippen LogP contribution in [0, 0.1) is 0 Å². The second kappa shape index (κ2) is 3.87. The molecule has 1 aromatic carbocycles. The lowest BCUT2D eigenvalue weighted by Crippen LogP contribution is -2.19. The maximum atomic E-state index is 11.1. The molecule has 4 nitrogen and oxygen atoms in total. The lowest BCUT2D eigenvalue weighted by atomic mass is 10.0. The molecule has 1 aromatic rings. The first-order valence-electron chi connectivity index (χ1n) is 4.86. The minimum atomic E-state index is -0.824. The SMILES string of the molecule is COc1cc2c(cc1Cl)N(C)CC2C(=O)O. The number of benzene rings is 1. The molecule has 0 aliphatic carbocycles. The Labute approximate surface area is 98.4 Å². The predicted octanol–water partition coefficient (Wildman–Crippen LogP) is 1.97. The Morgan fingerprint density at radius 2 is 2.31 bits per heavy atom. The fourth-order valence-corrected chi connectivity index (χ4v) is 2.24. The maximum Gasteiger partial charge on any atom is 0.312 e. The number of hydrogen-bond acceptors (Lipinski definition) is 3. The van der Waals surface area contributed by atoms with E-state index in [4.69, 9.17) is 21.4 Å². The van der Waals surface area contributed by atoms with Crippen molar-refractivity contribution < 1.29 is 14.6 Å². The molecule has 0 aromatic heterocycles. The van der Waals surface area contributed by atoms with Gasteiger partial charge in [-0.25, -0.2) is 0 Å². The lowest BCUT2D eigenvalue weighted by molar-refractivity contribution is -0.138. The van der Waals surface area contributed by atoms with Crippen LogP contribution in [-0.4, -0.2) is 31.8 Å². The number of halogens is 1. The van der Waals surface area contributed by atoms with Crippen LogP contribution in [0.5, 0.6) is 5.75 Å². The number of anilines is 1. The number of carboxylic acid groups (broad SMARTS) is 1. The van der Waals surface area contributed by atoms with E-state index in [0.717, 1.165) is 11.3 Å². The van der Waals surface area contributed by atoms with Crippen LogP contribution >= 0.6 is 11.6 Å². The molecule has 0 saturated carbocycles. The molecule has 1 aliphatic rings. The molecule has 0 amide bonds. The molecule has 0 fully saturated rings. The zero-order valence-electron chi connectivity index (χ0n) is 9.03. The largest absolute Gasteiger partial charge is 0.495 e. The van der Waals surface area contributed by atoms with Crippen molar-refractivity contribution in [2.45, 2.75) is 5.92 Å². The van der Waals surface area contributed by atoms with Gasteiger partial charge < -0.3 is 14.7 Å². The topological polar surface area (TPSA) is 49.8 Å². The van der Waals surface area contributed by atoms with Gasteiger partial charge in [-0.2, -0.15) is 0 Å². The van der Waals surface area contributed by atoms with E-state index >= 15 is 0 Å². The van der Waals surface area contributed by atoms with E-state index in [-0.39, 0.29) is 0 Å². The summed E-state index contributed by atoms with van der Waals surface area (Å²) >= 11 is 6.00. The molecule has 0 spiro atoms. The molecule has 1 N–H and O–H groups in total. The normalized spacial score (nSPS) is 18.4. The van der Waals surface area contributed by atoms with Crippen LogP contribution < -0.4 is 9.64 Å². The van der Waals surface area contributed by atoms with Gasteiger partial charge in [0.05, 0.1) is 12.1 Å². The summed E-state index contributed by atoms with van der Waals surface area (Å²) in [5.74, 6) is -0.817. The first-order chi connectivity index (χ1) is 7.54. The highest BCUT2D eigenvalue weighted by Gasteiger charge is 2.32. The smallest absolute Gasteiger partial charge is 0.312 e. The summed E-state index contributed by atoms with van der Waals surface area (Å²) in [5.41, 5.74) is 1.62. The third-order valence-corrected chi connectivity index (χ3v) is 3.14. The number of carbonyl (C=O) groups is 1. The minimum Gasteiger partial charge on any atom is -0.495 e. The number of aliphatic carboxylic acids is 1. The van der Waals surface area contributed by atoms with Gasteiger partial charge in [-0.05, 0) is 17.7 Å². The average Bonchev–Trinajstić information content (AvgIpc) is 2.55. The van der Waals surface area contributed by atoms with Gasteiger partial charge in [-0.15, -0.1) is 0 Å². The number of carboxylic acids is 1.